The lowest BCUT2D eigenvalue weighted by Crippen LogP contribution is -2.50. The van der Waals surface area contributed by atoms with Crippen molar-refractivity contribution in [2.75, 3.05) is 13.1 Å². The molecular weight excluding hydrogens is 284 g/mol. The fourth-order valence-corrected chi connectivity index (χ4v) is 3.58. The lowest BCUT2D eigenvalue weighted by molar-refractivity contribution is -0.139. The van der Waals surface area contributed by atoms with Crippen LogP contribution < -0.4 is 5.32 Å². The van der Waals surface area contributed by atoms with Crippen molar-refractivity contribution in [3.05, 3.63) is 22.4 Å². The van der Waals surface area contributed by atoms with Crippen LogP contribution in [0.1, 0.15) is 45.1 Å². The molecule has 1 aromatic heterocycles. The van der Waals surface area contributed by atoms with Crippen LogP contribution in [0.5, 0.6) is 0 Å². The molecule has 0 unspecified atom stereocenters. The predicted octanol–water partition coefficient (Wildman–Crippen LogP) is 2.61. The summed E-state index contributed by atoms with van der Waals surface area (Å²) in [6.45, 7) is 7.42. The third-order valence-corrected chi connectivity index (χ3v) is 4.74. The Morgan fingerprint density at radius 3 is 2.71 bits per heavy atom. The number of carbonyl (C=O) groups excluding carboxylic acids is 2. The third kappa shape index (κ3) is 3.84. The van der Waals surface area contributed by atoms with Crippen molar-refractivity contribution in [1.29, 1.82) is 0 Å². The van der Waals surface area contributed by atoms with Gasteiger partial charge >= 0.3 is 0 Å². The molecule has 0 radical (unpaired) electrons. The first kappa shape index (κ1) is 16.0. The number of hydrogen-bond acceptors (Lipinski definition) is 3. The minimum absolute atomic E-state index is 0.0256. The topological polar surface area (TPSA) is 49.4 Å². The zero-order valence-electron chi connectivity index (χ0n) is 13.0. The van der Waals surface area contributed by atoms with Crippen LogP contribution in [0.4, 0.5) is 0 Å². The summed E-state index contributed by atoms with van der Waals surface area (Å²) in [5.74, 6) is 0.503. The van der Waals surface area contributed by atoms with E-state index in [0.717, 1.165) is 6.42 Å². The Bertz CT molecular complexity index is 484. The van der Waals surface area contributed by atoms with Crippen LogP contribution in [0.25, 0.3) is 0 Å². The molecule has 5 heteroatoms. The maximum absolute atomic E-state index is 12.5. The van der Waals surface area contributed by atoms with Crippen molar-refractivity contribution in [3.8, 4) is 0 Å². The van der Waals surface area contributed by atoms with Crippen LogP contribution in [0.15, 0.2) is 16.8 Å². The van der Waals surface area contributed by atoms with Gasteiger partial charge in [-0.2, -0.15) is 11.3 Å². The van der Waals surface area contributed by atoms with Gasteiger partial charge < -0.3 is 10.2 Å². The second kappa shape index (κ2) is 7.07. The fraction of sp³-hybridized carbons (Fsp3) is 0.625. The Morgan fingerprint density at radius 1 is 1.43 bits per heavy atom. The molecule has 0 saturated carbocycles. The zero-order chi connectivity index (χ0) is 15.4. The largest absolute Gasteiger partial charge is 0.354 e. The van der Waals surface area contributed by atoms with E-state index in [2.05, 4.69) is 23.7 Å². The third-order valence-electron chi connectivity index (χ3n) is 4.04. The number of thiophene rings is 1. The Labute approximate surface area is 130 Å². The molecule has 2 amide bonds. The van der Waals surface area contributed by atoms with Gasteiger partial charge in [0.1, 0.15) is 6.04 Å². The Morgan fingerprint density at radius 2 is 2.19 bits per heavy atom. The first-order valence-corrected chi connectivity index (χ1v) is 8.54. The van der Waals surface area contributed by atoms with Gasteiger partial charge in [0.25, 0.3) is 0 Å². The highest BCUT2D eigenvalue weighted by Crippen LogP contribution is 2.20. The highest BCUT2D eigenvalue weighted by Gasteiger charge is 2.34. The van der Waals surface area contributed by atoms with E-state index in [1.807, 2.05) is 19.2 Å². The first-order chi connectivity index (χ1) is 10.0. The van der Waals surface area contributed by atoms with Crippen molar-refractivity contribution in [3.63, 3.8) is 0 Å². The van der Waals surface area contributed by atoms with Gasteiger partial charge in [-0.05, 0) is 40.6 Å². The number of nitrogens with zero attached hydrogens (tertiary/aromatic N) is 1. The van der Waals surface area contributed by atoms with Gasteiger partial charge in [-0.15, -0.1) is 0 Å². The van der Waals surface area contributed by atoms with E-state index in [9.17, 15) is 9.59 Å². The van der Waals surface area contributed by atoms with E-state index < -0.39 is 0 Å². The van der Waals surface area contributed by atoms with Gasteiger partial charge in [-0.1, -0.05) is 20.8 Å². The molecule has 1 aliphatic heterocycles. The van der Waals surface area contributed by atoms with E-state index in [-0.39, 0.29) is 23.8 Å². The van der Waals surface area contributed by atoms with Crippen molar-refractivity contribution < 1.29 is 9.59 Å². The Hall–Kier alpha value is -1.36. The second-order valence-corrected chi connectivity index (χ2v) is 6.86. The molecule has 1 aliphatic rings. The van der Waals surface area contributed by atoms with Crippen molar-refractivity contribution >= 4 is 23.2 Å². The van der Waals surface area contributed by atoms with Gasteiger partial charge in [-0.3, -0.25) is 9.59 Å². The smallest absolute Gasteiger partial charge is 0.243 e. The number of rotatable bonds is 6. The monoisotopic (exact) mass is 308 g/mol. The summed E-state index contributed by atoms with van der Waals surface area (Å²) in [6, 6.07) is 1.75. The summed E-state index contributed by atoms with van der Waals surface area (Å²) in [7, 11) is 0. The van der Waals surface area contributed by atoms with Crippen LogP contribution >= 0.6 is 11.3 Å². The molecule has 2 heterocycles. The number of hydrogen-bond donors (Lipinski definition) is 1. The van der Waals surface area contributed by atoms with Crippen LogP contribution in [-0.2, 0) is 9.59 Å². The predicted molar refractivity (Wildman–Crippen MR) is 85.3 cm³/mol. The molecule has 1 fully saturated rings. The van der Waals surface area contributed by atoms with E-state index in [1.165, 1.54) is 5.56 Å². The number of carbonyl (C=O) groups is 2. The Balaban J connectivity index is 1.94. The highest BCUT2D eigenvalue weighted by atomic mass is 32.1. The summed E-state index contributed by atoms with van der Waals surface area (Å²) < 4.78 is 0. The molecule has 2 rings (SSSR count). The van der Waals surface area contributed by atoms with Crippen LogP contribution in [-0.4, -0.2) is 35.8 Å². The highest BCUT2D eigenvalue weighted by molar-refractivity contribution is 7.07. The minimum atomic E-state index is -0.338. The number of amides is 2. The lowest BCUT2D eigenvalue weighted by atomic mass is 10.0. The summed E-state index contributed by atoms with van der Waals surface area (Å²) in [5, 5.41) is 7.18. The molecular formula is C16H24N2O2S. The molecule has 1 N–H and O–H groups in total. The van der Waals surface area contributed by atoms with E-state index >= 15 is 0 Å². The van der Waals surface area contributed by atoms with Crippen LogP contribution in [0, 0.1) is 5.92 Å². The quantitative estimate of drug-likeness (QED) is 0.878. The summed E-state index contributed by atoms with van der Waals surface area (Å²) >= 11 is 1.67. The number of likely N-dealkylation sites (tertiary alicyclic amines) is 1. The SMILES string of the molecule is CC(C)[C@H](C(=O)NC[C@@H](C)c1ccsc1)N1CCCC1=O. The minimum Gasteiger partial charge on any atom is -0.354 e. The summed E-state index contributed by atoms with van der Waals surface area (Å²) in [5.41, 5.74) is 1.25. The zero-order valence-corrected chi connectivity index (χ0v) is 13.8. The van der Waals surface area contributed by atoms with Gasteiger partial charge in [0, 0.05) is 19.5 Å². The second-order valence-electron chi connectivity index (χ2n) is 6.08. The maximum Gasteiger partial charge on any atom is 0.243 e. The van der Waals surface area contributed by atoms with E-state index in [4.69, 9.17) is 0 Å². The standard InChI is InChI=1S/C16H24N2O2S/c1-11(2)15(18-7-4-5-14(18)19)16(20)17-9-12(3)13-6-8-21-10-13/h6,8,10-12,15H,4-5,7,9H2,1-3H3,(H,17,20)/t12-,15-/m1/s1. The van der Waals surface area contributed by atoms with E-state index in [1.54, 1.807) is 16.2 Å². The normalized spacial score (nSPS) is 18.1. The average molecular weight is 308 g/mol. The van der Waals surface area contributed by atoms with Gasteiger partial charge in [-0.25, -0.2) is 0 Å². The van der Waals surface area contributed by atoms with Crippen molar-refractivity contribution in [2.45, 2.75) is 45.6 Å². The molecule has 0 bridgehead atoms. The van der Waals surface area contributed by atoms with E-state index in [0.29, 0.717) is 25.4 Å². The van der Waals surface area contributed by atoms with Gasteiger partial charge in [0.05, 0.1) is 0 Å². The molecule has 0 spiro atoms. The van der Waals surface area contributed by atoms with Gasteiger partial charge in [0.15, 0.2) is 0 Å². The maximum atomic E-state index is 12.5. The molecule has 1 saturated heterocycles. The molecule has 0 aromatic carbocycles. The van der Waals surface area contributed by atoms with Gasteiger partial charge in [0.2, 0.25) is 11.8 Å². The lowest BCUT2D eigenvalue weighted by Gasteiger charge is -2.30. The van der Waals surface area contributed by atoms with Crippen molar-refractivity contribution in [1.82, 2.24) is 10.2 Å². The van der Waals surface area contributed by atoms with Crippen molar-refractivity contribution in [2.24, 2.45) is 5.92 Å². The van der Waals surface area contributed by atoms with Crippen LogP contribution in [0.3, 0.4) is 0 Å². The first-order valence-electron chi connectivity index (χ1n) is 7.60. The molecule has 116 valence electrons. The Kier molecular flexibility index (Phi) is 5.39. The molecule has 4 nitrogen and oxygen atoms in total. The summed E-state index contributed by atoms with van der Waals surface area (Å²) in [6.07, 6.45) is 1.43. The summed E-state index contributed by atoms with van der Waals surface area (Å²) in [4.78, 5) is 26.1. The average Bonchev–Trinajstić information content (AvgIpc) is 3.08. The molecule has 1 aromatic rings. The molecule has 0 aliphatic carbocycles. The van der Waals surface area contributed by atoms with Crippen LogP contribution in [0.2, 0.25) is 0 Å². The number of nitrogens with one attached hydrogen (secondary N) is 1. The molecule has 2 atom stereocenters. The molecule has 21 heavy (non-hydrogen) atoms. The fourth-order valence-electron chi connectivity index (χ4n) is 2.80.